The molecule has 0 bridgehead atoms. The zero-order valence-electron chi connectivity index (χ0n) is 10.8. The highest BCUT2D eigenvalue weighted by atomic mass is 16.4. The zero-order chi connectivity index (χ0) is 13.4. The Hall–Kier alpha value is -2.42. The number of nitrogens with zero attached hydrogens (tertiary/aromatic N) is 1. The largest absolute Gasteiger partial charge is 0.403 e. The lowest BCUT2D eigenvalue weighted by Gasteiger charge is -2.03. The Morgan fingerprint density at radius 3 is 2.58 bits per heavy atom. The number of hydrogen-bond donors (Lipinski definition) is 0. The molecule has 3 aromatic rings. The predicted octanol–water partition coefficient (Wildman–Crippen LogP) is 3.47. The highest BCUT2D eigenvalue weighted by Crippen LogP contribution is 2.19. The van der Waals surface area contributed by atoms with E-state index in [9.17, 15) is 4.79 Å². The number of hydrogen-bond acceptors (Lipinski definition) is 3. The van der Waals surface area contributed by atoms with Gasteiger partial charge in [-0.3, -0.25) is 0 Å². The standard InChI is InChI=1S/C16H13NO2/c1-10-4-3-5-12(8-10)15-17-14-7-6-11(2)9-13(14)16(18)19-15/h3-9H,1-2H3. The SMILES string of the molecule is Cc1cccc(-c2nc3ccc(C)cc3c(=O)o2)c1. The summed E-state index contributed by atoms with van der Waals surface area (Å²) in [6.45, 7) is 3.93. The number of aromatic nitrogens is 1. The fraction of sp³-hybridized carbons (Fsp3) is 0.125. The van der Waals surface area contributed by atoms with E-state index in [1.165, 1.54) is 0 Å². The Morgan fingerprint density at radius 2 is 1.79 bits per heavy atom. The molecule has 0 radical (unpaired) electrons. The quantitative estimate of drug-likeness (QED) is 0.665. The normalized spacial score (nSPS) is 10.8. The highest BCUT2D eigenvalue weighted by molar-refractivity contribution is 5.79. The summed E-state index contributed by atoms with van der Waals surface area (Å²) in [5, 5.41) is 0.524. The predicted molar refractivity (Wildman–Crippen MR) is 75.2 cm³/mol. The Labute approximate surface area is 110 Å². The summed E-state index contributed by atoms with van der Waals surface area (Å²) >= 11 is 0. The van der Waals surface area contributed by atoms with Gasteiger partial charge in [0.25, 0.3) is 0 Å². The maximum atomic E-state index is 12.0. The monoisotopic (exact) mass is 251 g/mol. The fourth-order valence-corrected chi connectivity index (χ4v) is 2.09. The van der Waals surface area contributed by atoms with Crippen LogP contribution in [0.2, 0.25) is 0 Å². The smallest absolute Gasteiger partial charge is 0.347 e. The van der Waals surface area contributed by atoms with E-state index in [4.69, 9.17) is 4.42 Å². The van der Waals surface area contributed by atoms with Crippen molar-refractivity contribution < 1.29 is 4.42 Å². The Bertz CT molecular complexity index is 818. The molecule has 0 aliphatic carbocycles. The second-order valence-corrected chi connectivity index (χ2v) is 4.70. The number of aryl methyl sites for hydroxylation is 2. The first-order valence-electron chi connectivity index (χ1n) is 6.12. The number of benzene rings is 2. The average molecular weight is 251 g/mol. The Balaban J connectivity index is 2.27. The van der Waals surface area contributed by atoms with Crippen LogP contribution < -0.4 is 5.63 Å². The Kier molecular flexibility index (Phi) is 2.67. The van der Waals surface area contributed by atoms with Crippen molar-refractivity contribution in [3.8, 4) is 11.5 Å². The van der Waals surface area contributed by atoms with Gasteiger partial charge in [-0.1, -0.05) is 29.3 Å². The van der Waals surface area contributed by atoms with Crippen molar-refractivity contribution >= 4 is 10.9 Å². The number of rotatable bonds is 1. The van der Waals surface area contributed by atoms with Gasteiger partial charge in [0, 0.05) is 5.56 Å². The molecule has 0 atom stereocenters. The molecule has 0 fully saturated rings. The molecule has 3 rings (SSSR count). The molecule has 3 heteroatoms. The van der Waals surface area contributed by atoms with E-state index in [1.807, 2.05) is 50.2 Å². The maximum Gasteiger partial charge on any atom is 0.347 e. The third-order valence-electron chi connectivity index (χ3n) is 3.05. The third-order valence-corrected chi connectivity index (χ3v) is 3.05. The van der Waals surface area contributed by atoms with Gasteiger partial charge in [-0.15, -0.1) is 0 Å². The first-order chi connectivity index (χ1) is 9.13. The van der Waals surface area contributed by atoms with Crippen LogP contribution in [0.3, 0.4) is 0 Å². The van der Waals surface area contributed by atoms with Crippen molar-refractivity contribution in [2.45, 2.75) is 13.8 Å². The molecule has 94 valence electrons. The second kappa shape index (κ2) is 4.35. The van der Waals surface area contributed by atoms with E-state index in [0.29, 0.717) is 16.8 Å². The molecule has 0 unspecified atom stereocenters. The van der Waals surface area contributed by atoms with Crippen LogP contribution in [0.5, 0.6) is 0 Å². The van der Waals surface area contributed by atoms with Gasteiger partial charge in [0.1, 0.15) is 0 Å². The van der Waals surface area contributed by atoms with Gasteiger partial charge in [-0.05, 0) is 38.1 Å². The van der Waals surface area contributed by atoms with Crippen LogP contribution in [0.1, 0.15) is 11.1 Å². The molecule has 0 saturated heterocycles. The van der Waals surface area contributed by atoms with Crippen molar-refractivity contribution in [3.63, 3.8) is 0 Å². The third kappa shape index (κ3) is 2.15. The molecule has 0 saturated carbocycles. The van der Waals surface area contributed by atoms with Crippen LogP contribution in [-0.2, 0) is 0 Å². The van der Waals surface area contributed by atoms with Crippen molar-refractivity contribution in [1.29, 1.82) is 0 Å². The van der Waals surface area contributed by atoms with Gasteiger partial charge in [0.05, 0.1) is 10.9 Å². The Morgan fingerprint density at radius 1 is 1.00 bits per heavy atom. The molecule has 2 aromatic carbocycles. The molecule has 0 aliphatic rings. The molecule has 19 heavy (non-hydrogen) atoms. The molecule has 0 N–H and O–H groups in total. The van der Waals surface area contributed by atoms with E-state index in [0.717, 1.165) is 16.7 Å². The van der Waals surface area contributed by atoms with Gasteiger partial charge in [0.2, 0.25) is 5.89 Å². The van der Waals surface area contributed by atoms with Gasteiger partial charge < -0.3 is 4.42 Å². The van der Waals surface area contributed by atoms with E-state index < -0.39 is 0 Å². The summed E-state index contributed by atoms with van der Waals surface area (Å²) in [7, 11) is 0. The summed E-state index contributed by atoms with van der Waals surface area (Å²) in [5.74, 6) is 0.366. The van der Waals surface area contributed by atoms with Crippen LogP contribution in [0, 0.1) is 13.8 Å². The minimum Gasteiger partial charge on any atom is -0.403 e. The summed E-state index contributed by atoms with van der Waals surface area (Å²) in [5.41, 5.74) is 3.26. The molecular formula is C16H13NO2. The van der Waals surface area contributed by atoms with Crippen molar-refractivity contribution in [2.75, 3.05) is 0 Å². The average Bonchev–Trinajstić information content (AvgIpc) is 2.39. The van der Waals surface area contributed by atoms with E-state index in [1.54, 1.807) is 6.07 Å². The highest BCUT2D eigenvalue weighted by Gasteiger charge is 2.08. The van der Waals surface area contributed by atoms with Crippen LogP contribution in [0.25, 0.3) is 22.4 Å². The number of fused-ring (bicyclic) bond motifs is 1. The second-order valence-electron chi connectivity index (χ2n) is 4.70. The van der Waals surface area contributed by atoms with Crippen molar-refractivity contribution in [3.05, 3.63) is 64.0 Å². The lowest BCUT2D eigenvalue weighted by molar-refractivity contribution is 0.518. The molecule has 0 amide bonds. The van der Waals surface area contributed by atoms with Crippen molar-refractivity contribution in [1.82, 2.24) is 4.98 Å². The van der Waals surface area contributed by atoms with Crippen molar-refractivity contribution in [2.24, 2.45) is 0 Å². The molecule has 1 heterocycles. The van der Waals surface area contributed by atoms with Crippen LogP contribution >= 0.6 is 0 Å². The summed E-state index contributed by atoms with van der Waals surface area (Å²) in [6.07, 6.45) is 0. The minimum atomic E-state index is -0.342. The van der Waals surface area contributed by atoms with Crippen LogP contribution in [0.15, 0.2) is 51.7 Å². The summed E-state index contributed by atoms with van der Waals surface area (Å²) in [6, 6.07) is 13.3. The lowest BCUT2D eigenvalue weighted by Crippen LogP contribution is -2.03. The van der Waals surface area contributed by atoms with E-state index >= 15 is 0 Å². The lowest BCUT2D eigenvalue weighted by atomic mass is 10.1. The fourth-order valence-electron chi connectivity index (χ4n) is 2.09. The van der Waals surface area contributed by atoms with Gasteiger partial charge in [-0.2, -0.15) is 0 Å². The first kappa shape index (κ1) is 11.7. The summed E-state index contributed by atoms with van der Waals surface area (Å²) < 4.78 is 5.32. The molecular weight excluding hydrogens is 238 g/mol. The van der Waals surface area contributed by atoms with Gasteiger partial charge >= 0.3 is 5.63 Å². The zero-order valence-corrected chi connectivity index (χ0v) is 10.8. The van der Waals surface area contributed by atoms with E-state index in [-0.39, 0.29) is 5.63 Å². The van der Waals surface area contributed by atoms with E-state index in [2.05, 4.69) is 4.98 Å². The van der Waals surface area contributed by atoms with Gasteiger partial charge in [0.15, 0.2) is 0 Å². The molecule has 1 aromatic heterocycles. The first-order valence-corrected chi connectivity index (χ1v) is 6.12. The maximum absolute atomic E-state index is 12.0. The minimum absolute atomic E-state index is 0.342. The molecule has 3 nitrogen and oxygen atoms in total. The molecule has 0 spiro atoms. The topological polar surface area (TPSA) is 43.1 Å². The summed E-state index contributed by atoms with van der Waals surface area (Å²) in [4.78, 5) is 16.4. The molecule has 0 aliphatic heterocycles. The van der Waals surface area contributed by atoms with Crippen LogP contribution in [0.4, 0.5) is 0 Å². The van der Waals surface area contributed by atoms with Gasteiger partial charge in [-0.25, -0.2) is 9.78 Å². The van der Waals surface area contributed by atoms with Crippen LogP contribution in [-0.4, -0.2) is 4.98 Å².